The standard InChI is InChI=1S/C17H16FN3/c1-11-3-5-14(18)13(9-11)17(19-2)12-4-6-15-16(10-12)21-8-7-20-15/h3-10,17,19H,1-2H3. The number of rotatable bonds is 3. The Balaban J connectivity index is 2.11. The lowest BCUT2D eigenvalue weighted by atomic mass is 9.96. The molecule has 21 heavy (non-hydrogen) atoms. The molecular weight excluding hydrogens is 265 g/mol. The van der Waals surface area contributed by atoms with Gasteiger partial charge in [-0.05, 0) is 37.7 Å². The van der Waals surface area contributed by atoms with Crippen molar-refractivity contribution in [3.8, 4) is 0 Å². The van der Waals surface area contributed by atoms with Gasteiger partial charge >= 0.3 is 0 Å². The normalized spacial score (nSPS) is 12.5. The second kappa shape index (κ2) is 5.58. The van der Waals surface area contributed by atoms with Crippen LogP contribution in [-0.2, 0) is 0 Å². The van der Waals surface area contributed by atoms with E-state index in [1.807, 2.05) is 38.2 Å². The van der Waals surface area contributed by atoms with Gasteiger partial charge in [0.05, 0.1) is 17.1 Å². The SMILES string of the molecule is CNC(c1ccc2nccnc2c1)c1cc(C)ccc1F. The molecule has 1 N–H and O–H groups in total. The molecule has 2 aromatic carbocycles. The average Bonchev–Trinajstić information content (AvgIpc) is 2.51. The molecule has 0 saturated heterocycles. The minimum Gasteiger partial charge on any atom is -0.309 e. The lowest BCUT2D eigenvalue weighted by Gasteiger charge is -2.18. The summed E-state index contributed by atoms with van der Waals surface area (Å²) in [6.07, 6.45) is 3.32. The molecule has 1 atom stereocenters. The first-order valence-corrected chi connectivity index (χ1v) is 6.83. The second-order valence-electron chi connectivity index (χ2n) is 5.05. The van der Waals surface area contributed by atoms with Crippen LogP contribution < -0.4 is 5.32 Å². The van der Waals surface area contributed by atoms with Crippen LogP contribution in [0.15, 0.2) is 48.8 Å². The number of halogens is 1. The number of aromatic nitrogens is 2. The molecule has 106 valence electrons. The highest BCUT2D eigenvalue weighted by Crippen LogP contribution is 2.26. The fraction of sp³-hybridized carbons (Fsp3) is 0.176. The van der Waals surface area contributed by atoms with E-state index in [-0.39, 0.29) is 11.9 Å². The Morgan fingerprint density at radius 2 is 1.76 bits per heavy atom. The van der Waals surface area contributed by atoms with Crippen molar-refractivity contribution in [1.29, 1.82) is 0 Å². The van der Waals surface area contributed by atoms with Crippen molar-refractivity contribution in [2.24, 2.45) is 0 Å². The highest BCUT2D eigenvalue weighted by molar-refractivity contribution is 5.74. The summed E-state index contributed by atoms with van der Waals surface area (Å²) < 4.78 is 14.1. The predicted octanol–water partition coefficient (Wildman–Crippen LogP) is 3.39. The van der Waals surface area contributed by atoms with E-state index in [2.05, 4.69) is 15.3 Å². The number of aryl methyl sites for hydroxylation is 1. The fourth-order valence-corrected chi connectivity index (χ4v) is 2.55. The van der Waals surface area contributed by atoms with Crippen LogP contribution in [-0.4, -0.2) is 17.0 Å². The number of hydrogen-bond donors (Lipinski definition) is 1. The first-order valence-electron chi connectivity index (χ1n) is 6.83. The van der Waals surface area contributed by atoms with Crippen LogP contribution in [0.25, 0.3) is 11.0 Å². The monoisotopic (exact) mass is 281 g/mol. The maximum absolute atomic E-state index is 14.1. The molecule has 3 rings (SSSR count). The first-order chi connectivity index (χ1) is 10.2. The molecule has 3 nitrogen and oxygen atoms in total. The molecule has 0 aliphatic rings. The smallest absolute Gasteiger partial charge is 0.128 e. The van der Waals surface area contributed by atoms with Gasteiger partial charge in [0.15, 0.2) is 0 Å². The molecule has 1 unspecified atom stereocenters. The summed E-state index contributed by atoms with van der Waals surface area (Å²) in [5.74, 6) is -0.209. The first kappa shape index (κ1) is 13.6. The van der Waals surface area contributed by atoms with Crippen molar-refractivity contribution in [1.82, 2.24) is 15.3 Å². The van der Waals surface area contributed by atoms with E-state index >= 15 is 0 Å². The third-order valence-corrected chi connectivity index (χ3v) is 3.58. The van der Waals surface area contributed by atoms with E-state index in [0.717, 1.165) is 22.2 Å². The molecular formula is C17H16FN3. The number of nitrogens with zero attached hydrogens (tertiary/aromatic N) is 2. The number of hydrogen-bond acceptors (Lipinski definition) is 3. The third kappa shape index (κ3) is 2.62. The Morgan fingerprint density at radius 1 is 1.00 bits per heavy atom. The Hall–Kier alpha value is -2.33. The van der Waals surface area contributed by atoms with Crippen LogP contribution in [0.4, 0.5) is 4.39 Å². The number of benzene rings is 2. The quantitative estimate of drug-likeness (QED) is 0.799. The summed E-state index contributed by atoms with van der Waals surface area (Å²) in [5.41, 5.74) is 4.28. The number of nitrogens with one attached hydrogen (secondary N) is 1. The van der Waals surface area contributed by atoms with Gasteiger partial charge in [0.1, 0.15) is 5.82 Å². The van der Waals surface area contributed by atoms with Gasteiger partial charge in [0.25, 0.3) is 0 Å². The third-order valence-electron chi connectivity index (χ3n) is 3.58. The fourth-order valence-electron chi connectivity index (χ4n) is 2.55. The summed E-state index contributed by atoms with van der Waals surface area (Å²) in [7, 11) is 1.83. The molecule has 0 aliphatic carbocycles. The summed E-state index contributed by atoms with van der Waals surface area (Å²) in [6, 6.07) is 10.8. The Labute approximate surface area is 122 Å². The zero-order chi connectivity index (χ0) is 14.8. The van der Waals surface area contributed by atoms with Crippen molar-refractivity contribution in [3.05, 3.63) is 71.3 Å². The van der Waals surface area contributed by atoms with Crippen molar-refractivity contribution < 1.29 is 4.39 Å². The number of fused-ring (bicyclic) bond motifs is 1. The van der Waals surface area contributed by atoms with E-state index in [0.29, 0.717) is 5.56 Å². The molecule has 1 heterocycles. The van der Waals surface area contributed by atoms with Crippen molar-refractivity contribution in [2.75, 3.05) is 7.05 Å². The van der Waals surface area contributed by atoms with Crippen LogP contribution in [0.3, 0.4) is 0 Å². The van der Waals surface area contributed by atoms with Gasteiger partial charge in [-0.3, -0.25) is 9.97 Å². The molecule has 0 bridgehead atoms. The Kier molecular flexibility index (Phi) is 3.62. The van der Waals surface area contributed by atoms with Crippen LogP contribution in [0.2, 0.25) is 0 Å². The van der Waals surface area contributed by atoms with Gasteiger partial charge in [0, 0.05) is 18.0 Å². The minimum absolute atomic E-state index is 0.209. The predicted molar refractivity (Wildman–Crippen MR) is 81.6 cm³/mol. The average molecular weight is 281 g/mol. The van der Waals surface area contributed by atoms with E-state index in [9.17, 15) is 4.39 Å². The van der Waals surface area contributed by atoms with Crippen molar-refractivity contribution in [2.45, 2.75) is 13.0 Å². The molecule has 0 saturated carbocycles. The van der Waals surface area contributed by atoms with Gasteiger partial charge in [-0.1, -0.05) is 23.8 Å². The van der Waals surface area contributed by atoms with Gasteiger partial charge in [0.2, 0.25) is 0 Å². The topological polar surface area (TPSA) is 37.8 Å². The van der Waals surface area contributed by atoms with Gasteiger partial charge in [-0.25, -0.2) is 4.39 Å². The molecule has 0 aliphatic heterocycles. The minimum atomic E-state index is -0.212. The molecule has 0 fully saturated rings. The van der Waals surface area contributed by atoms with Crippen LogP contribution in [0.1, 0.15) is 22.7 Å². The van der Waals surface area contributed by atoms with Gasteiger partial charge < -0.3 is 5.32 Å². The van der Waals surface area contributed by atoms with Crippen molar-refractivity contribution in [3.63, 3.8) is 0 Å². The van der Waals surface area contributed by atoms with Crippen LogP contribution >= 0.6 is 0 Å². The van der Waals surface area contributed by atoms with Crippen LogP contribution in [0, 0.1) is 12.7 Å². The van der Waals surface area contributed by atoms with E-state index in [4.69, 9.17) is 0 Å². The lowest BCUT2D eigenvalue weighted by Crippen LogP contribution is -2.19. The maximum Gasteiger partial charge on any atom is 0.128 e. The highest BCUT2D eigenvalue weighted by Gasteiger charge is 2.17. The van der Waals surface area contributed by atoms with Gasteiger partial charge in [-0.15, -0.1) is 0 Å². The maximum atomic E-state index is 14.1. The molecule has 1 aromatic heterocycles. The van der Waals surface area contributed by atoms with Crippen molar-refractivity contribution >= 4 is 11.0 Å². The Morgan fingerprint density at radius 3 is 2.52 bits per heavy atom. The summed E-state index contributed by atoms with van der Waals surface area (Å²) in [5, 5.41) is 3.18. The molecule has 3 aromatic rings. The summed E-state index contributed by atoms with van der Waals surface area (Å²) in [4.78, 5) is 8.56. The highest BCUT2D eigenvalue weighted by atomic mass is 19.1. The van der Waals surface area contributed by atoms with Crippen LogP contribution in [0.5, 0.6) is 0 Å². The molecule has 4 heteroatoms. The molecule has 0 spiro atoms. The van der Waals surface area contributed by atoms with E-state index in [1.165, 1.54) is 6.07 Å². The lowest BCUT2D eigenvalue weighted by molar-refractivity contribution is 0.575. The zero-order valence-corrected chi connectivity index (χ0v) is 12.0. The molecule has 0 amide bonds. The largest absolute Gasteiger partial charge is 0.309 e. The second-order valence-corrected chi connectivity index (χ2v) is 5.05. The van der Waals surface area contributed by atoms with E-state index in [1.54, 1.807) is 18.5 Å². The summed E-state index contributed by atoms with van der Waals surface area (Å²) in [6.45, 7) is 1.96. The van der Waals surface area contributed by atoms with E-state index < -0.39 is 0 Å². The summed E-state index contributed by atoms with van der Waals surface area (Å²) >= 11 is 0. The zero-order valence-electron chi connectivity index (χ0n) is 12.0. The Bertz CT molecular complexity index is 786. The van der Waals surface area contributed by atoms with Gasteiger partial charge in [-0.2, -0.15) is 0 Å². The molecule has 0 radical (unpaired) electrons.